The Hall–Kier alpha value is -3.26. The average Bonchev–Trinajstić information content (AvgIpc) is 3.23. The van der Waals surface area contributed by atoms with Crippen molar-refractivity contribution in [2.24, 2.45) is 7.05 Å². The Labute approximate surface area is 197 Å². The van der Waals surface area contributed by atoms with Gasteiger partial charge in [0, 0.05) is 37.7 Å². The summed E-state index contributed by atoms with van der Waals surface area (Å²) in [6.07, 6.45) is 9.09. The van der Waals surface area contributed by atoms with Crippen LogP contribution in [0.2, 0.25) is 0 Å². The number of pyridine rings is 2. The van der Waals surface area contributed by atoms with E-state index in [0.29, 0.717) is 5.92 Å². The lowest BCUT2D eigenvalue weighted by Gasteiger charge is -2.30. The van der Waals surface area contributed by atoms with Crippen LogP contribution >= 0.6 is 0 Å². The van der Waals surface area contributed by atoms with E-state index in [1.807, 2.05) is 6.20 Å². The molecule has 0 radical (unpaired) electrons. The van der Waals surface area contributed by atoms with Gasteiger partial charge < -0.3 is 0 Å². The van der Waals surface area contributed by atoms with E-state index in [2.05, 4.69) is 79.3 Å². The minimum absolute atomic E-state index is 0.335. The van der Waals surface area contributed by atoms with Crippen LogP contribution in [0.1, 0.15) is 66.8 Å². The molecular weight excluding hydrogens is 400 g/mol. The highest BCUT2D eigenvalue weighted by atomic mass is 14.9. The van der Waals surface area contributed by atoms with Crippen LogP contribution in [0.4, 0.5) is 0 Å². The number of aryl methyl sites for hydroxylation is 2. The predicted octanol–water partition coefficient (Wildman–Crippen LogP) is 6.87. The Morgan fingerprint density at radius 1 is 0.939 bits per heavy atom. The Morgan fingerprint density at radius 3 is 2.67 bits per heavy atom. The largest absolute Gasteiger partial charge is 0.261 e. The van der Waals surface area contributed by atoms with Gasteiger partial charge in [0.1, 0.15) is 7.05 Å². The van der Waals surface area contributed by atoms with Gasteiger partial charge in [0.05, 0.1) is 5.56 Å². The molecule has 1 fully saturated rings. The second kappa shape index (κ2) is 7.12. The van der Waals surface area contributed by atoms with E-state index in [1.54, 1.807) is 0 Å². The predicted molar refractivity (Wildman–Crippen MR) is 133 cm³/mol. The maximum absolute atomic E-state index is 9.48. The molecular formula is C31H29N2+. The number of rotatable bonds is 0. The quantitative estimate of drug-likeness (QED) is 0.245. The Kier molecular flexibility index (Phi) is 3.93. The molecule has 2 unspecified atom stereocenters. The van der Waals surface area contributed by atoms with Crippen LogP contribution < -0.4 is 4.57 Å². The summed E-state index contributed by atoms with van der Waals surface area (Å²) in [4.78, 5) is 4.98. The van der Waals surface area contributed by atoms with Crippen molar-refractivity contribution in [2.45, 2.75) is 50.8 Å². The molecule has 0 amide bonds. The topological polar surface area (TPSA) is 16.8 Å². The third-order valence-electron chi connectivity index (χ3n) is 8.20. The van der Waals surface area contributed by atoms with Gasteiger partial charge in [-0.3, -0.25) is 4.98 Å². The lowest BCUT2D eigenvalue weighted by Crippen LogP contribution is -2.31. The number of aromatic nitrogens is 2. The van der Waals surface area contributed by atoms with Gasteiger partial charge in [0.2, 0.25) is 5.69 Å². The molecule has 2 aromatic heterocycles. The third kappa shape index (κ3) is 2.86. The number of hydrogen-bond acceptors (Lipinski definition) is 1. The van der Waals surface area contributed by atoms with Crippen LogP contribution in [-0.2, 0) is 13.5 Å². The lowest BCUT2D eigenvalue weighted by atomic mass is 9.75. The van der Waals surface area contributed by atoms with E-state index in [1.165, 1.54) is 55.9 Å². The Balaban J connectivity index is 1.55. The first-order valence-corrected chi connectivity index (χ1v) is 12.2. The van der Waals surface area contributed by atoms with Crippen LogP contribution in [0.3, 0.4) is 0 Å². The molecule has 4 aromatic rings. The second-order valence-electron chi connectivity index (χ2n) is 10.1. The maximum atomic E-state index is 9.48. The fourth-order valence-corrected chi connectivity index (χ4v) is 6.49. The van der Waals surface area contributed by atoms with Gasteiger partial charge in [0.15, 0.2) is 6.20 Å². The molecule has 33 heavy (non-hydrogen) atoms. The summed E-state index contributed by atoms with van der Waals surface area (Å²) in [6, 6.07) is 20.2. The minimum Gasteiger partial charge on any atom is -0.261 e. The highest BCUT2D eigenvalue weighted by Gasteiger charge is 2.33. The van der Waals surface area contributed by atoms with E-state index < -0.39 is 5.89 Å². The fraction of sp³-hybridized carbons (Fsp3) is 0.290. The molecule has 1 saturated carbocycles. The highest BCUT2D eigenvalue weighted by molar-refractivity contribution is 5.86. The molecule has 8 bridgehead atoms. The first kappa shape index (κ1) is 18.2. The van der Waals surface area contributed by atoms with Crippen molar-refractivity contribution in [3.05, 3.63) is 94.9 Å². The summed E-state index contributed by atoms with van der Waals surface area (Å²) < 4.78 is 11.7. The van der Waals surface area contributed by atoms with Crippen LogP contribution in [0.15, 0.2) is 67.0 Å². The van der Waals surface area contributed by atoms with Crippen molar-refractivity contribution in [2.75, 3.05) is 0 Å². The fourth-order valence-electron chi connectivity index (χ4n) is 6.49. The van der Waals surface area contributed by atoms with Crippen LogP contribution in [-0.4, -0.2) is 4.98 Å². The van der Waals surface area contributed by atoms with Crippen molar-refractivity contribution < 1.29 is 5.94 Å². The van der Waals surface area contributed by atoms with Gasteiger partial charge >= 0.3 is 0 Å². The Morgan fingerprint density at radius 2 is 1.79 bits per heavy atom. The average molecular weight is 431 g/mol. The van der Waals surface area contributed by atoms with E-state index in [4.69, 9.17) is 4.98 Å². The van der Waals surface area contributed by atoms with E-state index in [9.17, 15) is 1.37 Å². The highest BCUT2D eigenvalue weighted by Crippen LogP contribution is 2.48. The molecule has 162 valence electrons. The van der Waals surface area contributed by atoms with E-state index in [-0.39, 0.29) is 0 Å². The SMILES string of the molecule is [2H]C12CCCC(C1)c1nccc3c1Cc1c-3ccc(C)c1-c1cc(cc[n+]1C)-c1ccc2cc1. The summed E-state index contributed by atoms with van der Waals surface area (Å²) in [5, 5.41) is 0. The number of hydrogen-bond donors (Lipinski definition) is 0. The minimum atomic E-state index is -0.548. The van der Waals surface area contributed by atoms with Crippen LogP contribution in [0.5, 0.6) is 0 Å². The zero-order valence-electron chi connectivity index (χ0n) is 20.4. The Bertz CT molecular complexity index is 1470. The first-order chi connectivity index (χ1) is 16.5. The van der Waals surface area contributed by atoms with Crippen molar-refractivity contribution in [3.8, 4) is 33.5 Å². The summed E-state index contributed by atoms with van der Waals surface area (Å²) in [7, 11) is 2.15. The number of fused-ring (bicyclic) bond motifs is 3. The van der Waals surface area contributed by atoms with Crippen molar-refractivity contribution in [1.29, 1.82) is 0 Å². The summed E-state index contributed by atoms with van der Waals surface area (Å²) in [5.41, 5.74) is 14.3. The van der Waals surface area contributed by atoms with Gasteiger partial charge in [-0.2, -0.15) is 0 Å². The molecule has 2 atom stereocenters. The van der Waals surface area contributed by atoms with E-state index >= 15 is 0 Å². The molecule has 2 aromatic carbocycles. The smallest absolute Gasteiger partial charge is 0.213 e. The summed E-state index contributed by atoms with van der Waals surface area (Å²) in [5.74, 6) is -0.213. The molecule has 4 aliphatic rings. The van der Waals surface area contributed by atoms with Crippen molar-refractivity contribution >= 4 is 0 Å². The molecule has 2 heterocycles. The van der Waals surface area contributed by atoms with Gasteiger partial charge in [-0.15, -0.1) is 0 Å². The maximum Gasteiger partial charge on any atom is 0.213 e. The molecule has 8 rings (SSSR count). The van der Waals surface area contributed by atoms with Gasteiger partial charge in [-0.05, 0) is 82.7 Å². The van der Waals surface area contributed by atoms with Gasteiger partial charge in [-0.25, -0.2) is 4.57 Å². The molecule has 2 nitrogen and oxygen atoms in total. The molecule has 0 spiro atoms. The van der Waals surface area contributed by atoms with Crippen molar-refractivity contribution in [3.63, 3.8) is 0 Å². The lowest BCUT2D eigenvalue weighted by molar-refractivity contribution is -0.660. The van der Waals surface area contributed by atoms with Gasteiger partial charge in [0.25, 0.3) is 0 Å². The second-order valence-corrected chi connectivity index (χ2v) is 10.1. The number of benzene rings is 2. The molecule has 4 aliphatic carbocycles. The van der Waals surface area contributed by atoms with Crippen LogP contribution in [0, 0.1) is 6.92 Å². The monoisotopic (exact) mass is 430 g/mol. The summed E-state index contributed by atoms with van der Waals surface area (Å²) >= 11 is 0. The zero-order valence-corrected chi connectivity index (χ0v) is 19.4. The number of nitrogens with zero attached hydrogens (tertiary/aromatic N) is 2. The molecule has 2 heteroatoms. The normalized spacial score (nSPS) is 22.5. The summed E-state index contributed by atoms with van der Waals surface area (Å²) in [6.45, 7) is 2.24. The first-order valence-electron chi connectivity index (χ1n) is 12.7. The third-order valence-corrected chi connectivity index (χ3v) is 8.20. The van der Waals surface area contributed by atoms with Gasteiger partial charge in [-0.1, -0.05) is 42.8 Å². The van der Waals surface area contributed by atoms with Crippen LogP contribution in [0.25, 0.3) is 33.5 Å². The zero-order chi connectivity index (χ0) is 23.0. The molecule has 0 saturated heterocycles. The molecule has 0 aliphatic heterocycles. The van der Waals surface area contributed by atoms with Crippen molar-refractivity contribution in [1.82, 2.24) is 4.98 Å². The molecule has 0 N–H and O–H groups in total. The standard InChI is InChI=1S/C31H29N2/c1-19-6-11-25-26-12-14-32-31-24-5-3-4-22(16-24)20-7-9-21(10-8-20)23-13-15-33(2)29(17-23)30(19)27(25)18-28(26)31/h6-15,17,22,24H,3-5,16,18H2,1-2H3/q+1/i22D. The van der Waals surface area contributed by atoms with E-state index in [0.717, 1.165) is 37.7 Å².